The van der Waals surface area contributed by atoms with Crippen molar-refractivity contribution in [3.8, 4) is 0 Å². The largest absolute Gasteiger partial charge is 0.480 e. The van der Waals surface area contributed by atoms with Crippen molar-refractivity contribution in [2.24, 2.45) is 11.8 Å². The van der Waals surface area contributed by atoms with E-state index in [2.05, 4.69) is 5.32 Å². The summed E-state index contributed by atoms with van der Waals surface area (Å²) < 4.78 is 11.1. The summed E-state index contributed by atoms with van der Waals surface area (Å²) in [6, 6.07) is 0.384. The third-order valence-corrected chi connectivity index (χ3v) is 4.40. The summed E-state index contributed by atoms with van der Waals surface area (Å²) in [4.78, 5) is 11.7. The van der Waals surface area contributed by atoms with Crippen LogP contribution >= 0.6 is 0 Å². The second-order valence-electron chi connectivity index (χ2n) is 6.21. The van der Waals surface area contributed by atoms with Crippen LogP contribution in [0.4, 0.5) is 0 Å². The van der Waals surface area contributed by atoms with E-state index in [1.54, 1.807) is 0 Å². The topological polar surface area (TPSA) is 67.8 Å². The van der Waals surface area contributed by atoms with Gasteiger partial charge in [-0.3, -0.25) is 10.1 Å². The second-order valence-corrected chi connectivity index (χ2v) is 6.21. The quantitative estimate of drug-likeness (QED) is 0.689. The van der Waals surface area contributed by atoms with Gasteiger partial charge in [-0.25, -0.2) is 0 Å². The highest BCUT2D eigenvalue weighted by Gasteiger charge is 2.53. The average molecular weight is 269 g/mol. The number of carboxylic acid groups (broad SMARTS) is 1. The van der Waals surface area contributed by atoms with E-state index < -0.39 is 11.5 Å². The monoisotopic (exact) mass is 269 g/mol. The zero-order chi connectivity index (χ0) is 13.3. The molecule has 19 heavy (non-hydrogen) atoms. The number of carboxylic acids is 1. The maximum atomic E-state index is 11.7. The van der Waals surface area contributed by atoms with Gasteiger partial charge < -0.3 is 14.6 Å². The summed E-state index contributed by atoms with van der Waals surface area (Å²) in [5, 5.41) is 13.0. The fourth-order valence-corrected chi connectivity index (χ4v) is 2.84. The van der Waals surface area contributed by atoms with Gasteiger partial charge in [0, 0.05) is 18.6 Å². The van der Waals surface area contributed by atoms with Crippen LogP contribution < -0.4 is 5.32 Å². The highest BCUT2D eigenvalue weighted by molar-refractivity contribution is 5.80. The van der Waals surface area contributed by atoms with Crippen molar-refractivity contribution in [2.75, 3.05) is 26.4 Å². The first-order chi connectivity index (χ1) is 9.21. The van der Waals surface area contributed by atoms with Crippen LogP contribution in [0, 0.1) is 11.8 Å². The molecule has 0 aromatic rings. The molecule has 3 rings (SSSR count). The molecule has 0 radical (unpaired) electrons. The second kappa shape index (κ2) is 5.38. The van der Waals surface area contributed by atoms with Gasteiger partial charge in [-0.05, 0) is 38.0 Å². The minimum atomic E-state index is -0.847. The number of aliphatic carboxylic acids is 1. The van der Waals surface area contributed by atoms with E-state index in [9.17, 15) is 9.90 Å². The molecule has 5 heteroatoms. The van der Waals surface area contributed by atoms with Gasteiger partial charge in [0.25, 0.3) is 0 Å². The Balaban J connectivity index is 1.55. The zero-order valence-corrected chi connectivity index (χ0v) is 11.3. The summed E-state index contributed by atoms with van der Waals surface area (Å²) in [6.07, 6.45) is 5.22. The van der Waals surface area contributed by atoms with E-state index in [1.807, 2.05) is 0 Å². The molecule has 1 saturated heterocycles. The van der Waals surface area contributed by atoms with E-state index >= 15 is 0 Å². The molecule has 1 aliphatic heterocycles. The fraction of sp³-hybridized carbons (Fsp3) is 0.929. The lowest BCUT2D eigenvalue weighted by Gasteiger charge is -2.31. The number of hydrogen-bond acceptors (Lipinski definition) is 4. The predicted octanol–water partition coefficient (Wildman–Crippen LogP) is 1.02. The van der Waals surface area contributed by atoms with Crippen LogP contribution in [0.25, 0.3) is 0 Å². The number of ether oxygens (including phenoxy) is 2. The molecular formula is C14H23NO4. The number of rotatable bonds is 8. The Kier molecular flexibility index (Phi) is 3.78. The maximum absolute atomic E-state index is 11.7. The van der Waals surface area contributed by atoms with Gasteiger partial charge in [-0.15, -0.1) is 0 Å². The third kappa shape index (κ3) is 3.09. The molecule has 0 spiro atoms. The molecule has 2 atom stereocenters. The van der Waals surface area contributed by atoms with Gasteiger partial charge in [0.15, 0.2) is 0 Å². The van der Waals surface area contributed by atoms with Gasteiger partial charge in [0.2, 0.25) is 0 Å². The van der Waals surface area contributed by atoms with E-state index in [4.69, 9.17) is 9.47 Å². The molecule has 5 nitrogen and oxygen atoms in total. The summed E-state index contributed by atoms with van der Waals surface area (Å²) in [5.74, 6) is -0.0679. The summed E-state index contributed by atoms with van der Waals surface area (Å²) in [5.41, 5.74) is -0.847. The SMILES string of the molecule is O=C(O)C(COCC1CCOC1)(NC1CC1)C1CC1. The molecule has 0 aromatic carbocycles. The molecule has 2 N–H and O–H groups in total. The normalized spacial score (nSPS) is 30.2. The van der Waals surface area contributed by atoms with E-state index in [1.165, 1.54) is 0 Å². The first-order valence-electron chi connectivity index (χ1n) is 7.37. The Morgan fingerprint density at radius 3 is 2.63 bits per heavy atom. The van der Waals surface area contributed by atoms with Crippen molar-refractivity contribution < 1.29 is 19.4 Å². The Bertz CT molecular complexity index is 334. The Hall–Kier alpha value is -0.650. The number of hydrogen-bond donors (Lipinski definition) is 2. The molecule has 0 aromatic heterocycles. The van der Waals surface area contributed by atoms with Gasteiger partial charge >= 0.3 is 5.97 Å². The highest BCUT2D eigenvalue weighted by atomic mass is 16.5. The average Bonchev–Trinajstić information content (AvgIpc) is 3.29. The standard InChI is InChI=1S/C14H23NO4/c16-13(17)14(11-1-2-11,15-12-3-4-12)9-19-8-10-5-6-18-7-10/h10-12,15H,1-9H2,(H,16,17). The van der Waals surface area contributed by atoms with Gasteiger partial charge in [-0.1, -0.05) is 0 Å². The molecule has 0 bridgehead atoms. The molecule has 1 heterocycles. The van der Waals surface area contributed by atoms with Crippen LogP contribution in [-0.4, -0.2) is 49.1 Å². The Morgan fingerprint density at radius 2 is 2.11 bits per heavy atom. The first kappa shape index (κ1) is 13.3. The minimum Gasteiger partial charge on any atom is -0.480 e. The van der Waals surface area contributed by atoms with E-state index in [0.717, 1.165) is 45.3 Å². The van der Waals surface area contributed by atoms with Crippen molar-refractivity contribution in [3.63, 3.8) is 0 Å². The Morgan fingerprint density at radius 1 is 1.32 bits per heavy atom. The number of nitrogens with one attached hydrogen (secondary N) is 1. The minimum absolute atomic E-state index is 0.241. The first-order valence-corrected chi connectivity index (χ1v) is 7.37. The molecule has 2 aliphatic carbocycles. The summed E-state index contributed by atoms with van der Waals surface area (Å²) in [7, 11) is 0. The Labute approximate surface area is 113 Å². The molecular weight excluding hydrogens is 246 g/mol. The molecule has 3 aliphatic rings. The van der Waals surface area contributed by atoms with Crippen molar-refractivity contribution in [3.05, 3.63) is 0 Å². The predicted molar refractivity (Wildman–Crippen MR) is 69.0 cm³/mol. The third-order valence-electron chi connectivity index (χ3n) is 4.40. The smallest absolute Gasteiger partial charge is 0.326 e. The molecule has 2 unspecified atom stereocenters. The summed E-state index contributed by atoms with van der Waals surface area (Å²) in [6.45, 7) is 2.47. The van der Waals surface area contributed by atoms with Crippen LogP contribution in [0.1, 0.15) is 32.1 Å². The van der Waals surface area contributed by atoms with Crippen molar-refractivity contribution in [1.29, 1.82) is 0 Å². The van der Waals surface area contributed by atoms with Crippen molar-refractivity contribution in [1.82, 2.24) is 5.32 Å². The highest BCUT2D eigenvalue weighted by Crippen LogP contribution is 2.42. The van der Waals surface area contributed by atoms with Crippen molar-refractivity contribution >= 4 is 5.97 Å². The summed E-state index contributed by atoms with van der Waals surface area (Å²) >= 11 is 0. The lowest BCUT2D eigenvalue weighted by molar-refractivity contribution is -0.149. The van der Waals surface area contributed by atoms with Gasteiger partial charge in [-0.2, -0.15) is 0 Å². The van der Waals surface area contributed by atoms with Crippen LogP contribution in [0.5, 0.6) is 0 Å². The van der Waals surface area contributed by atoms with E-state index in [0.29, 0.717) is 25.2 Å². The van der Waals surface area contributed by atoms with Crippen LogP contribution in [0.3, 0.4) is 0 Å². The number of carbonyl (C=O) groups is 1. The van der Waals surface area contributed by atoms with Crippen LogP contribution in [0.15, 0.2) is 0 Å². The molecule has 2 saturated carbocycles. The zero-order valence-electron chi connectivity index (χ0n) is 11.3. The van der Waals surface area contributed by atoms with Crippen LogP contribution in [-0.2, 0) is 14.3 Å². The lowest BCUT2D eigenvalue weighted by atomic mass is 9.94. The van der Waals surface area contributed by atoms with Crippen molar-refractivity contribution in [2.45, 2.75) is 43.7 Å². The lowest BCUT2D eigenvalue weighted by Crippen LogP contribution is -2.58. The maximum Gasteiger partial charge on any atom is 0.326 e. The van der Waals surface area contributed by atoms with Gasteiger partial charge in [0.05, 0.1) is 19.8 Å². The molecule has 3 fully saturated rings. The van der Waals surface area contributed by atoms with E-state index in [-0.39, 0.29) is 5.92 Å². The molecule has 0 amide bonds. The van der Waals surface area contributed by atoms with Gasteiger partial charge in [0.1, 0.15) is 5.54 Å². The fourth-order valence-electron chi connectivity index (χ4n) is 2.84. The molecule has 108 valence electrons. The van der Waals surface area contributed by atoms with Crippen LogP contribution in [0.2, 0.25) is 0 Å².